The minimum absolute atomic E-state index is 0.203. The summed E-state index contributed by atoms with van der Waals surface area (Å²) in [5, 5.41) is 17.9. The molecule has 0 radical (unpaired) electrons. The lowest BCUT2D eigenvalue weighted by molar-refractivity contribution is 0.0691. The molecule has 0 aliphatic rings. The number of carbonyl (C=O) groups is 2. The van der Waals surface area contributed by atoms with Gasteiger partial charge in [0.25, 0.3) is 5.91 Å². The number of anilines is 1. The van der Waals surface area contributed by atoms with E-state index in [1.165, 1.54) is 6.07 Å². The number of H-pyrrole nitrogens is 1. The normalized spacial score (nSPS) is 10.3. The number of nitrogens with zero attached hydrogens (tertiary/aromatic N) is 1. The molecule has 1 aromatic heterocycles. The number of aromatic carboxylic acids is 1. The van der Waals surface area contributed by atoms with Gasteiger partial charge in [-0.1, -0.05) is 0 Å². The second-order valence-corrected chi connectivity index (χ2v) is 4.26. The number of hydrogen-bond donors (Lipinski definition) is 3. The fourth-order valence-corrected chi connectivity index (χ4v) is 1.85. The van der Waals surface area contributed by atoms with Crippen LogP contribution in [-0.4, -0.2) is 27.2 Å². The van der Waals surface area contributed by atoms with Gasteiger partial charge in [-0.2, -0.15) is 5.10 Å². The van der Waals surface area contributed by atoms with Crippen molar-refractivity contribution in [2.75, 3.05) is 5.32 Å². The van der Waals surface area contributed by atoms with Crippen LogP contribution in [0, 0.1) is 19.7 Å². The Morgan fingerprint density at radius 3 is 2.60 bits per heavy atom. The molecular formula is C13H12FN3O3. The number of rotatable bonds is 3. The molecule has 1 aromatic carbocycles. The van der Waals surface area contributed by atoms with Gasteiger partial charge in [0.1, 0.15) is 5.82 Å². The van der Waals surface area contributed by atoms with E-state index >= 15 is 0 Å². The van der Waals surface area contributed by atoms with E-state index in [2.05, 4.69) is 15.5 Å². The van der Waals surface area contributed by atoms with Crippen molar-refractivity contribution in [3.8, 4) is 0 Å². The van der Waals surface area contributed by atoms with E-state index < -0.39 is 23.3 Å². The molecule has 1 heterocycles. The molecule has 0 atom stereocenters. The van der Waals surface area contributed by atoms with E-state index in [1.807, 2.05) is 0 Å². The Balaban J connectivity index is 2.29. The Kier molecular flexibility index (Phi) is 3.51. The van der Waals surface area contributed by atoms with Crippen molar-refractivity contribution in [3.63, 3.8) is 0 Å². The van der Waals surface area contributed by atoms with Gasteiger partial charge in [-0.15, -0.1) is 0 Å². The number of carbonyl (C=O) groups excluding carboxylic acids is 1. The SMILES string of the molecule is Cc1n[nH]c(C)c1C(=O)Nc1ccc(F)c(C(=O)O)c1. The molecule has 0 spiro atoms. The summed E-state index contributed by atoms with van der Waals surface area (Å²) in [6.45, 7) is 3.37. The van der Waals surface area contributed by atoms with Crippen molar-refractivity contribution < 1.29 is 19.1 Å². The lowest BCUT2D eigenvalue weighted by Crippen LogP contribution is -2.14. The van der Waals surface area contributed by atoms with Crippen LogP contribution in [0.15, 0.2) is 18.2 Å². The summed E-state index contributed by atoms with van der Waals surface area (Å²) in [7, 11) is 0. The number of benzene rings is 1. The summed E-state index contributed by atoms with van der Waals surface area (Å²) in [4.78, 5) is 22.9. The summed E-state index contributed by atoms with van der Waals surface area (Å²) in [5.74, 6) is -2.68. The molecule has 0 bridgehead atoms. The van der Waals surface area contributed by atoms with Crippen LogP contribution in [0.5, 0.6) is 0 Å². The summed E-state index contributed by atoms with van der Waals surface area (Å²) < 4.78 is 13.3. The first-order valence-electron chi connectivity index (χ1n) is 5.76. The molecule has 2 rings (SSSR count). The molecule has 0 aliphatic carbocycles. The highest BCUT2D eigenvalue weighted by Crippen LogP contribution is 2.17. The predicted octanol–water partition coefficient (Wildman–Crippen LogP) is 2.12. The maximum Gasteiger partial charge on any atom is 0.338 e. The van der Waals surface area contributed by atoms with Crippen LogP contribution in [0.3, 0.4) is 0 Å². The highest BCUT2D eigenvalue weighted by Gasteiger charge is 2.17. The number of amides is 1. The number of aryl methyl sites for hydroxylation is 2. The summed E-state index contributed by atoms with van der Waals surface area (Å²) >= 11 is 0. The second-order valence-electron chi connectivity index (χ2n) is 4.26. The second kappa shape index (κ2) is 5.12. The van der Waals surface area contributed by atoms with Crippen molar-refractivity contribution in [3.05, 3.63) is 46.5 Å². The van der Waals surface area contributed by atoms with Crippen molar-refractivity contribution in [1.82, 2.24) is 10.2 Å². The number of halogens is 1. The highest BCUT2D eigenvalue weighted by atomic mass is 19.1. The molecule has 0 saturated carbocycles. The zero-order valence-corrected chi connectivity index (χ0v) is 10.8. The molecule has 0 fully saturated rings. The molecule has 0 unspecified atom stereocenters. The van der Waals surface area contributed by atoms with Gasteiger partial charge in [-0.05, 0) is 32.0 Å². The molecule has 2 aromatic rings. The Hall–Kier alpha value is -2.70. The quantitative estimate of drug-likeness (QED) is 0.800. The fraction of sp³-hybridized carbons (Fsp3) is 0.154. The Morgan fingerprint density at radius 1 is 1.35 bits per heavy atom. The van der Waals surface area contributed by atoms with Crippen LogP contribution in [0.1, 0.15) is 32.1 Å². The lowest BCUT2D eigenvalue weighted by Gasteiger charge is -2.07. The average molecular weight is 277 g/mol. The predicted molar refractivity (Wildman–Crippen MR) is 69.4 cm³/mol. The lowest BCUT2D eigenvalue weighted by atomic mass is 10.1. The van der Waals surface area contributed by atoms with Gasteiger partial charge in [-0.25, -0.2) is 9.18 Å². The van der Waals surface area contributed by atoms with Gasteiger partial charge in [0.2, 0.25) is 0 Å². The van der Waals surface area contributed by atoms with Gasteiger partial charge >= 0.3 is 5.97 Å². The maximum absolute atomic E-state index is 13.3. The molecule has 0 saturated heterocycles. The van der Waals surface area contributed by atoms with Gasteiger partial charge in [0, 0.05) is 11.4 Å². The number of aromatic nitrogens is 2. The fourth-order valence-electron chi connectivity index (χ4n) is 1.85. The van der Waals surface area contributed by atoms with Crippen molar-refractivity contribution in [1.29, 1.82) is 0 Å². The van der Waals surface area contributed by atoms with Crippen LogP contribution in [0.2, 0.25) is 0 Å². The smallest absolute Gasteiger partial charge is 0.338 e. The zero-order chi connectivity index (χ0) is 14.9. The van der Waals surface area contributed by atoms with Crippen molar-refractivity contribution in [2.24, 2.45) is 0 Å². The molecular weight excluding hydrogens is 265 g/mol. The van der Waals surface area contributed by atoms with Crippen LogP contribution in [0.4, 0.5) is 10.1 Å². The summed E-state index contributed by atoms with van der Waals surface area (Å²) in [5.41, 5.74) is 1.21. The van der Waals surface area contributed by atoms with Crippen LogP contribution < -0.4 is 5.32 Å². The number of hydrogen-bond acceptors (Lipinski definition) is 3. The molecule has 20 heavy (non-hydrogen) atoms. The van der Waals surface area contributed by atoms with E-state index in [0.717, 1.165) is 12.1 Å². The summed E-state index contributed by atoms with van der Waals surface area (Å²) in [6, 6.07) is 3.36. The molecule has 0 aliphatic heterocycles. The van der Waals surface area contributed by atoms with Gasteiger partial charge < -0.3 is 10.4 Å². The Morgan fingerprint density at radius 2 is 2.05 bits per heavy atom. The van der Waals surface area contributed by atoms with E-state index in [0.29, 0.717) is 17.0 Å². The number of carboxylic acid groups (broad SMARTS) is 1. The first-order valence-corrected chi connectivity index (χ1v) is 5.76. The van der Waals surface area contributed by atoms with E-state index in [-0.39, 0.29) is 5.69 Å². The monoisotopic (exact) mass is 277 g/mol. The molecule has 1 amide bonds. The first-order chi connectivity index (χ1) is 9.40. The minimum Gasteiger partial charge on any atom is -0.478 e. The van der Waals surface area contributed by atoms with E-state index in [1.54, 1.807) is 13.8 Å². The third-order valence-corrected chi connectivity index (χ3v) is 2.81. The van der Waals surface area contributed by atoms with Crippen LogP contribution >= 0.6 is 0 Å². The Labute approximate surface area is 113 Å². The van der Waals surface area contributed by atoms with Crippen molar-refractivity contribution >= 4 is 17.6 Å². The standard InChI is InChI=1S/C13H12FN3O3/c1-6-11(7(2)17-16-6)12(18)15-8-3-4-10(14)9(5-8)13(19)20/h3-5H,1-2H3,(H,15,18)(H,16,17)(H,19,20). The zero-order valence-electron chi connectivity index (χ0n) is 10.8. The summed E-state index contributed by atoms with van der Waals surface area (Å²) in [6.07, 6.45) is 0. The largest absolute Gasteiger partial charge is 0.478 e. The van der Waals surface area contributed by atoms with E-state index in [9.17, 15) is 14.0 Å². The van der Waals surface area contributed by atoms with Gasteiger partial charge in [-0.3, -0.25) is 9.89 Å². The van der Waals surface area contributed by atoms with Crippen LogP contribution in [0.25, 0.3) is 0 Å². The third kappa shape index (κ3) is 2.51. The van der Waals surface area contributed by atoms with Gasteiger partial charge in [0.05, 0.1) is 16.8 Å². The average Bonchev–Trinajstić information content (AvgIpc) is 2.71. The highest BCUT2D eigenvalue weighted by molar-refractivity contribution is 6.06. The molecule has 104 valence electrons. The number of nitrogens with one attached hydrogen (secondary N) is 2. The molecule has 6 nitrogen and oxygen atoms in total. The number of carboxylic acids is 1. The topological polar surface area (TPSA) is 95.1 Å². The van der Waals surface area contributed by atoms with Gasteiger partial charge in [0.15, 0.2) is 0 Å². The third-order valence-electron chi connectivity index (χ3n) is 2.81. The minimum atomic E-state index is -1.39. The molecule has 7 heteroatoms. The maximum atomic E-state index is 13.3. The first kappa shape index (κ1) is 13.7. The van der Waals surface area contributed by atoms with E-state index in [4.69, 9.17) is 5.11 Å². The molecule has 3 N–H and O–H groups in total. The van der Waals surface area contributed by atoms with Crippen LogP contribution in [-0.2, 0) is 0 Å². The Bertz CT molecular complexity index is 675. The number of aromatic amines is 1. The van der Waals surface area contributed by atoms with Crippen molar-refractivity contribution in [2.45, 2.75) is 13.8 Å².